The molecule has 0 aromatic heterocycles. The van der Waals surface area contributed by atoms with Crippen LogP contribution in [0.25, 0.3) is 0 Å². The van der Waals surface area contributed by atoms with Gasteiger partial charge in [-0.2, -0.15) is 0 Å². The molecule has 86 valence electrons. The van der Waals surface area contributed by atoms with Gasteiger partial charge in [-0.15, -0.1) is 0 Å². The zero-order valence-electron chi connectivity index (χ0n) is 9.46. The first-order chi connectivity index (χ1) is 7.52. The Bertz CT molecular complexity index is 452. The van der Waals surface area contributed by atoms with Crippen LogP contribution in [0.5, 0.6) is 11.5 Å². The summed E-state index contributed by atoms with van der Waals surface area (Å²) in [7, 11) is 0. The molecular weight excluding hydrogens is 272 g/mol. The van der Waals surface area contributed by atoms with Gasteiger partial charge in [0.25, 0.3) is 0 Å². The number of halogens is 1. The lowest BCUT2D eigenvalue weighted by molar-refractivity contribution is 0.101. The average Bonchev–Trinajstić information content (AvgIpc) is 2.65. The lowest BCUT2D eigenvalue weighted by Crippen LogP contribution is -2.03. The average molecular weight is 285 g/mol. The van der Waals surface area contributed by atoms with E-state index in [1.165, 1.54) is 0 Å². The van der Waals surface area contributed by atoms with Crippen molar-refractivity contribution in [2.24, 2.45) is 0 Å². The number of Topliss-reactive ketones (excluding diaryl/α,β-unsaturated/α-hetero) is 1. The van der Waals surface area contributed by atoms with E-state index in [1.54, 1.807) is 6.92 Å². The fourth-order valence-corrected chi connectivity index (χ4v) is 2.44. The van der Waals surface area contributed by atoms with Gasteiger partial charge in [-0.3, -0.25) is 4.79 Å². The number of ether oxygens (including phenoxy) is 2. The van der Waals surface area contributed by atoms with Gasteiger partial charge in [-0.25, -0.2) is 0 Å². The van der Waals surface area contributed by atoms with Gasteiger partial charge in [0, 0.05) is 11.1 Å². The minimum absolute atomic E-state index is 0.0442. The van der Waals surface area contributed by atoms with Gasteiger partial charge in [0.05, 0.1) is 4.47 Å². The zero-order chi connectivity index (χ0) is 11.9. The molecule has 0 fully saturated rings. The maximum absolute atomic E-state index is 11.6. The van der Waals surface area contributed by atoms with Crippen LogP contribution in [0.4, 0.5) is 0 Å². The predicted octanol–water partition coefficient (Wildman–Crippen LogP) is 3.50. The number of hydrogen-bond donors (Lipinski definition) is 0. The molecular formula is C12H13BrO3. The highest BCUT2D eigenvalue weighted by Gasteiger charge is 2.27. The normalized spacial score (nSPS) is 13.3. The summed E-state index contributed by atoms with van der Waals surface area (Å²) in [6, 6.07) is 1.81. The van der Waals surface area contributed by atoms with Crippen molar-refractivity contribution in [3.8, 4) is 11.5 Å². The van der Waals surface area contributed by atoms with Crippen molar-refractivity contribution >= 4 is 21.7 Å². The summed E-state index contributed by atoms with van der Waals surface area (Å²) >= 11 is 3.39. The highest BCUT2D eigenvalue weighted by Crippen LogP contribution is 2.46. The van der Waals surface area contributed by atoms with Crippen molar-refractivity contribution in [1.29, 1.82) is 0 Å². The Labute approximate surface area is 103 Å². The number of rotatable bonds is 2. The molecule has 16 heavy (non-hydrogen) atoms. The Hall–Kier alpha value is -1.03. The van der Waals surface area contributed by atoms with Crippen molar-refractivity contribution in [1.82, 2.24) is 0 Å². The molecule has 2 rings (SSSR count). The summed E-state index contributed by atoms with van der Waals surface area (Å²) < 4.78 is 11.6. The quantitative estimate of drug-likeness (QED) is 0.780. The van der Waals surface area contributed by atoms with Crippen LogP contribution >= 0.6 is 15.9 Å². The number of benzene rings is 1. The van der Waals surface area contributed by atoms with Crippen LogP contribution in [0.15, 0.2) is 10.5 Å². The second-order valence-corrected chi connectivity index (χ2v) is 4.95. The molecule has 0 radical (unpaired) electrons. The Balaban J connectivity index is 2.72. The van der Waals surface area contributed by atoms with Gasteiger partial charge < -0.3 is 9.47 Å². The molecule has 4 heteroatoms. The zero-order valence-corrected chi connectivity index (χ0v) is 11.1. The molecule has 0 N–H and O–H groups in total. The summed E-state index contributed by atoms with van der Waals surface area (Å²) in [6.45, 7) is 5.86. The Morgan fingerprint density at radius 2 is 2.00 bits per heavy atom. The first-order valence-corrected chi connectivity index (χ1v) is 5.94. The fraction of sp³-hybridized carbons (Fsp3) is 0.417. The standard InChI is InChI=1S/C12H13BrO3/c1-6(2)10-8(7(3)14)4-9(13)11-12(10)16-5-15-11/h4,6H,5H2,1-3H3. The number of fused-ring (bicyclic) bond motifs is 1. The van der Waals surface area contributed by atoms with Crippen LogP contribution in [0.1, 0.15) is 42.6 Å². The summed E-state index contributed by atoms with van der Waals surface area (Å²) in [5.41, 5.74) is 1.63. The van der Waals surface area contributed by atoms with Crippen LogP contribution in [-0.2, 0) is 0 Å². The molecule has 0 aliphatic carbocycles. The van der Waals surface area contributed by atoms with Crippen molar-refractivity contribution in [2.45, 2.75) is 26.7 Å². The fourth-order valence-electron chi connectivity index (χ4n) is 1.91. The summed E-state index contributed by atoms with van der Waals surface area (Å²) in [5.74, 6) is 1.67. The second-order valence-electron chi connectivity index (χ2n) is 4.10. The summed E-state index contributed by atoms with van der Waals surface area (Å²) in [6.07, 6.45) is 0. The number of hydrogen-bond acceptors (Lipinski definition) is 3. The number of carbonyl (C=O) groups excluding carboxylic acids is 1. The molecule has 1 aromatic carbocycles. The largest absolute Gasteiger partial charge is 0.453 e. The van der Waals surface area contributed by atoms with E-state index in [0.29, 0.717) is 17.1 Å². The van der Waals surface area contributed by atoms with E-state index in [4.69, 9.17) is 9.47 Å². The van der Waals surface area contributed by atoms with Crippen molar-refractivity contribution in [3.05, 3.63) is 21.7 Å². The SMILES string of the molecule is CC(=O)c1cc(Br)c2c(c1C(C)C)OCO2. The van der Waals surface area contributed by atoms with Gasteiger partial charge in [0.2, 0.25) is 6.79 Å². The van der Waals surface area contributed by atoms with Crippen molar-refractivity contribution in [2.75, 3.05) is 6.79 Å². The molecule has 1 aliphatic rings. The van der Waals surface area contributed by atoms with Crippen molar-refractivity contribution in [3.63, 3.8) is 0 Å². The molecule has 0 bridgehead atoms. The van der Waals surface area contributed by atoms with E-state index >= 15 is 0 Å². The molecule has 3 nitrogen and oxygen atoms in total. The molecule has 1 heterocycles. The third kappa shape index (κ3) is 1.71. The number of ketones is 1. The van der Waals surface area contributed by atoms with Gasteiger partial charge in [0.15, 0.2) is 17.3 Å². The molecule has 0 saturated heterocycles. The molecule has 0 amide bonds. The molecule has 1 aliphatic heterocycles. The van der Waals surface area contributed by atoms with Gasteiger partial charge in [-0.1, -0.05) is 13.8 Å². The first kappa shape index (κ1) is 11.5. The van der Waals surface area contributed by atoms with Crippen LogP contribution in [0, 0.1) is 0 Å². The first-order valence-electron chi connectivity index (χ1n) is 5.15. The van der Waals surface area contributed by atoms with E-state index in [2.05, 4.69) is 15.9 Å². The lowest BCUT2D eigenvalue weighted by Gasteiger charge is -2.14. The smallest absolute Gasteiger partial charge is 0.231 e. The lowest BCUT2D eigenvalue weighted by atomic mass is 9.93. The summed E-state index contributed by atoms with van der Waals surface area (Å²) in [5, 5.41) is 0. The molecule has 1 aromatic rings. The molecule has 0 atom stereocenters. The Kier molecular flexibility index (Phi) is 2.93. The minimum atomic E-state index is 0.0442. The third-order valence-corrected chi connectivity index (χ3v) is 3.18. The Morgan fingerprint density at radius 1 is 1.38 bits per heavy atom. The molecule has 0 spiro atoms. The molecule has 0 saturated carbocycles. The topological polar surface area (TPSA) is 35.5 Å². The van der Waals surface area contributed by atoms with Crippen LogP contribution in [0.3, 0.4) is 0 Å². The van der Waals surface area contributed by atoms with E-state index in [9.17, 15) is 4.79 Å². The second kappa shape index (κ2) is 4.09. The summed E-state index contributed by atoms with van der Waals surface area (Å²) in [4.78, 5) is 11.6. The maximum atomic E-state index is 11.6. The Morgan fingerprint density at radius 3 is 2.56 bits per heavy atom. The minimum Gasteiger partial charge on any atom is -0.453 e. The van der Waals surface area contributed by atoms with Crippen LogP contribution < -0.4 is 9.47 Å². The van der Waals surface area contributed by atoms with Crippen LogP contribution in [0.2, 0.25) is 0 Å². The highest BCUT2D eigenvalue weighted by atomic mass is 79.9. The van der Waals surface area contributed by atoms with E-state index < -0.39 is 0 Å². The van der Waals surface area contributed by atoms with E-state index in [0.717, 1.165) is 10.0 Å². The monoisotopic (exact) mass is 284 g/mol. The van der Waals surface area contributed by atoms with Gasteiger partial charge >= 0.3 is 0 Å². The predicted molar refractivity (Wildman–Crippen MR) is 64.4 cm³/mol. The van der Waals surface area contributed by atoms with Gasteiger partial charge in [0.1, 0.15) is 0 Å². The molecule has 0 unspecified atom stereocenters. The van der Waals surface area contributed by atoms with Crippen LogP contribution in [-0.4, -0.2) is 12.6 Å². The van der Waals surface area contributed by atoms with Gasteiger partial charge in [-0.05, 0) is 34.8 Å². The highest BCUT2D eigenvalue weighted by molar-refractivity contribution is 9.10. The van der Waals surface area contributed by atoms with E-state index in [-0.39, 0.29) is 18.5 Å². The third-order valence-electron chi connectivity index (χ3n) is 2.59. The van der Waals surface area contributed by atoms with E-state index in [1.807, 2.05) is 19.9 Å². The maximum Gasteiger partial charge on any atom is 0.231 e. The van der Waals surface area contributed by atoms with Crippen molar-refractivity contribution < 1.29 is 14.3 Å². The number of carbonyl (C=O) groups is 1.